The predicted molar refractivity (Wildman–Crippen MR) is 73.9 cm³/mol. The summed E-state index contributed by atoms with van der Waals surface area (Å²) >= 11 is 3.58. The highest BCUT2D eigenvalue weighted by Gasteiger charge is 2.30. The Hall–Kier alpha value is -0.500. The maximum atomic E-state index is 3.63. The van der Waals surface area contributed by atoms with Crippen LogP contribution in [0.4, 0.5) is 5.69 Å². The Morgan fingerprint density at radius 2 is 2.12 bits per heavy atom. The molecule has 0 aromatic heterocycles. The highest BCUT2D eigenvalue weighted by molar-refractivity contribution is 9.10. The zero-order chi connectivity index (χ0) is 11.8. The Morgan fingerprint density at radius 3 is 2.69 bits per heavy atom. The maximum absolute atomic E-state index is 3.63. The molecule has 1 unspecified atom stereocenters. The molecule has 2 heteroatoms. The van der Waals surface area contributed by atoms with E-state index in [9.17, 15) is 0 Å². The fraction of sp³-hybridized carbons (Fsp3) is 0.571. The van der Waals surface area contributed by atoms with Crippen LogP contribution in [0.3, 0.4) is 0 Å². The fourth-order valence-electron chi connectivity index (χ4n) is 2.48. The number of hydrogen-bond acceptors (Lipinski definition) is 1. The molecule has 88 valence electrons. The third kappa shape index (κ3) is 2.79. The minimum atomic E-state index is 0.513. The number of hydrogen-bond donors (Lipinski definition) is 1. The second-order valence-corrected chi connectivity index (χ2v) is 6.57. The zero-order valence-corrected chi connectivity index (χ0v) is 11.9. The number of halogens is 1. The Labute approximate surface area is 107 Å². The lowest BCUT2D eigenvalue weighted by Crippen LogP contribution is -2.17. The van der Waals surface area contributed by atoms with Gasteiger partial charge in [0.2, 0.25) is 0 Å². The molecule has 1 saturated carbocycles. The molecule has 0 saturated heterocycles. The van der Waals surface area contributed by atoms with Crippen molar-refractivity contribution in [2.24, 2.45) is 5.41 Å². The molecule has 1 atom stereocenters. The topological polar surface area (TPSA) is 12.0 Å². The lowest BCUT2D eigenvalue weighted by atomic mass is 9.92. The molecule has 1 N–H and O–H groups in total. The molecule has 0 bridgehead atoms. The van der Waals surface area contributed by atoms with Gasteiger partial charge in [-0.3, -0.25) is 0 Å². The van der Waals surface area contributed by atoms with E-state index < -0.39 is 0 Å². The molecule has 0 heterocycles. The molecule has 0 amide bonds. The van der Waals surface area contributed by atoms with E-state index in [1.807, 2.05) is 0 Å². The highest BCUT2D eigenvalue weighted by Crippen LogP contribution is 2.38. The summed E-state index contributed by atoms with van der Waals surface area (Å²) in [6.07, 6.45) is 3.90. The number of aryl methyl sites for hydroxylation is 1. The Kier molecular flexibility index (Phi) is 3.29. The molecule has 1 fully saturated rings. The first kappa shape index (κ1) is 12.0. The number of rotatable bonds is 2. The number of nitrogens with one attached hydrogen (secondary N) is 1. The summed E-state index contributed by atoms with van der Waals surface area (Å²) in [5.41, 5.74) is 3.04. The average molecular weight is 282 g/mol. The summed E-state index contributed by atoms with van der Waals surface area (Å²) in [6.45, 7) is 6.84. The largest absolute Gasteiger partial charge is 0.382 e. The van der Waals surface area contributed by atoms with Gasteiger partial charge >= 0.3 is 0 Å². The average Bonchev–Trinajstić information content (AvgIpc) is 2.52. The number of anilines is 1. The number of benzene rings is 1. The summed E-state index contributed by atoms with van der Waals surface area (Å²) in [4.78, 5) is 0. The van der Waals surface area contributed by atoms with E-state index in [-0.39, 0.29) is 0 Å². The van der Waals surface area contributed by atoms with Crippen LogP contribution in [-0.2, 0) is 0 Å². The molecule has 1 nitrogen and oxygen atoms in total. The monoisotopic (exact) mass is 281 g/mol. The SMILES string of the molecule is Cc1ccc(NC2CCC(C)(C)C2)cc1Br. The molecule has 0 radical (unpaired) electrons. The molecule has 0 aliphatic heterocycles. The van der Waals surface area contributed by atoms with Crippen LogP contribution in [0.5, 0.6) is 0 Å². The van der Waals surface area contributed by atoms with Gasteiger partial charge in [-0.2, -0.15) is 0 Å². The van der Waals surface area contributed by atoms with Crippen LogP contribution >= 0.6 is 15.9 Å². The third-order valence-electron chi connectivity index (χ3n) is 3.51. The Morgan fingerprint density at radius 1 is 1.38 bits per heavy atom. The van der Waals surface area contributed by atoms with Crippen molar-refractivity contribution >= 4 is 21.6 Å². The molecule has 16 heavy (non-hydrogen) atoms. The Bertz CT molecular complexity index is 384. The Balaban J connectivity index is 2.02. The van der Waals surface area contributed by atoms with Crippen molar-refractivity contribution in [3.63, 3.8) is 0 Å². The van der Waals surface area contributed by atoms with Gasteiger partial charge in [-0.1, -0.05) is 35.8 Å². The molecule has 1 aliphatic rings. The van der Waals surface area contributed by atoms with Crippen LogP contribution < -0.4 is 5.32 Å². The van der Waals surface area contributed by atoms with E-state index in [4.69, 9.17) is 0 Å². The third-order valence-corrected chi connectivity index (χ3v) is 4.37. The van der Waals surface area contributed by atoms with Crippen molar-refractivity contribution in [2.75, 3.05) is 5.32 Å². The summed E-state index contributed by atoms with van der Waals surface area (Å²) in [7, 11) is 0. The van der Waals surface area contributed by atoms with Gasteiger partial charge in [-0.15, -0.1) is 0 Å². The van der Waals surface area contributed by atoms with Gasteiger partial charge in [-0.05, 0) is 49.3 Å². The van der Waals surface area contributed by atoms with Gasteiger partial charge in [0.25, 0.3) is 0 Å². The van der Waals surface area contributed by atoms with Crippen LogP contribution in [0.25, 0.3) is 0 Å². The lowest BCUT2D eigenvalue weighted by molar-refractivity contribution is 0.378. The van der Waals surface area contributed by atoms with Crippen molar-refractivity contribution in [1.82, 2.24) is 0 Å². The van der Waals surface area contributed by atoms with Crippen molar-refractivity contribution in [3.05, 3.63) is 28.2 Å². The first-order chi connectivity index (χ1) is 7.46. The predicted octanol–water partition coefficient (Wildman–Crippen LogP) is 4.75. The van der Waals surface area contributed by atoms with Crippen molar-refractivity contribution in [2.45, 2.75) is 46.1 Å². The van der Waals surface area contributed by atoms with Crippen LogP contribution in [0.2, 0.25) is 0 Å². The van der Waals surface area contributed by atoms with Gasteiger partial charge in [0.1, 0.15) is 0 Å². The van der Waals surface area contributed by atoms with Crippen LogP contribution in [-0.4, -0.2) is 6.04 Å². The van der Waals surface area contributed by atoms with Crippen molar-refractivity contribution in [1.29, 1.82) is 0 Å². The fourth-order valence-corrected chi connectivity index (χ4v) is 2.86. The zero-order valence-electron chi connectivity index (χ0n) is 10.3. The molecular weight excluding hydrogens is 262 g/mol. The smallest absolute Gasteiger partial charge is 0.0353 e. The van der Waals surface area contributed by atoms with Crippen molar-refractivity contribution < 1.29 is 0 Å². The van der Waals surface area contributed by atoms with Crippen molar-refractivity contribution in [3.8, 4) is 0 Å². The standard InChI is InChI=1S/C14H20BrN/c1-10-4-5-11(8-13(10)15)16-12-6-7-14(2,3)9-12/h4-5,8,12,16H,6-7,9H2,1-3H3. The minimum Gasteiger partial charge on any atom is -0.382 e. The van der Waals surface area contributed by atoms with Crippen LogP contribution in [0.15, 0.2) is 22.7 Å². The molecule has 2 rings (SSSR count). The van der Waals surface area contributed by atoms with E-state index in [2.05, 4.69) is 60.2 Å². The maximum Gasteiger partial charge on any atom is 0.0353 e. The van der Waals surface area contributed by atoms with E-state index in [0.29, 0.717) is 11.5 Å². The lowest BCUT2D eigenvalue weighted by Gasteiger charge is -2.19. The van der Waals surface area contributed by atoms with E-state index in [0.717, 1.165) is 0 Å². The van der Waals surface area contributed by atoms with E-state index >= 15 is 0 Å². The van der Waals surface area contributed by atoms with Crippen LogP contribution in [0.1, 0.15) is 38.7 Å². The van der Waals surface area contributed by atoms with Crippen LogP contribution in [0, 0.1) is 12.3 Å². The van der Waals surface area contributed by atoms with Gasteiger partial charge in [0.15, 0.2) is 0 Å². The second kappa shape index (κ2) is 4.40. The highest BCUT2D eigenvalue weighted by atomic mass is 79.9. The van der Waals surface area contributed by atoms with Gasteiger partial charge in [0.05, 0.1) is 0 Å². The molecule has 1 aromatic carbocycles. The normalized spacial score (nSPS) is 23.4. The van der Waals surface area contributed by atoms with Gasteiger partial charge in [0, 0.05) is 16.2 Å². The molecule has 0 spiro atoms. The quantitative estimate of drug-likeness (QED) is 0.825. The van der Waals surface area contributed by atoms with Gasteiger partial charge in [-0.25, -0.2) is 0 Å². The molecule has 1 aromatic rings. The van der Waals surface area contributed by atoms with Gasteiger partial charge < -0.3 is 5.32 Å². The second-order valence-electron chi connectivity index (χ2n) is 5.71. The summed E-state index contributed by atoms with van der Waals surface area (Å²) in [6, 6.07) is 7.16. The summed E-state index contributed by atoms with van der Waals surface area (Å²) in [5, 5.41) is 3.63. The van der Waals surface area contributed by atoms with E-state index in [1.165, 1.54) is 35.0 Å². The summed E-state index contributed by atoms with van der Waals surface area (Å²) in [5.74, 6) is 0. The van der Waals surface area contributed by atoms with E-state index in [1.54, 1.807) is 0 Å². The molecular formula is C14H20BrN. The first-order valence-electron chi connectivity index (χ1n) is 5.99. The molecule has 1 aliphatic carbocycles. The first-order valence-corrected chi connectivity index (χ1v) is 6.78. The summed E-state index contributed by atoms with van der Waals surface area (Å²) < 4.78 is 1.19. The minimum absolute atomic E-state index is 0.513.